The normalized spacial score (nSPS) is 22.2. The van der Waals surface area contributed by atoms with E-state index in [1.54, 1.807) is 6.07 Å². The van der Waals surface area contributed by atoms with Gasteiger partial charge >= 0.3 is 0 Å². The molecule has 1 aromatic carbocycles. The summed E-state index contributed by atoms with van der Waals surface area (Å²) in [6, 6.07) is 4.45. The first-order chi connectivity index (χ1) is 9.73. The van der Waals surface area contributed by atoms with Gasteiger partial charge in [0.05, 0.1) is 10.5 Å². The summed E-state index contributed by atoms with van der Waals surface area (Å²) in [5.74, 6) is 0. The molecule has 0 aliphatic carbocycles. The molecule has 118 valence electrons. The van der Waals surface area contributed by atoms with E-state index < -0.39 is 10.0 Å². The number of sulfonamides is 1. The Bertz CT molecular complexity index is 617. The number of ether oxygens (including phenoxy) is 1. The lowest BCUT2D eigenvalue weighted by molar-refractivity contribution is -0.0599. The number of hydrogen-bond acceptors (Lipinski definition) is 4. The first-order valence-corrected chi connectivity index (χ1v) is 8.74. The Morgan fingerprint density at radius 1 is 1.48 bits per heavy atom. The van der Waals surface area contributed by atoms with Crippen molar-refractivity contribution in [2.24, 2.45) is 5.73 Å². The highest BCUT2D eigenvalue weighted by Crippen LogP contribution is 2.26. The molecular formula is C14H21ClN2O3S. The smallest absolute Gasteiger partial charge is 0.240 e. The van der Waals surface area contributed by atoms with E-state index in [1.807, 2.05) is 13.8 Å². The molecule has 0 aromatic heterocycles. The zero-order valence-corrected chi connectivity index (χ0v) is 13.8. The van der Waals surface area contributed by atoms with Crippen LogP contribution in [-0.4, -0.2) is 26.7 Å². The molecule has 1 saturated heterocycles. The van der Waals surface area contributed by atoms with Gasteiger partial charge in [-0.2, -0.15) is 0 Å². The second-order valence-electron chi connectivity index (χ2n) is 5.88. The molecule has 3 N–H and O–H groups in total. The molecule has 0 amide bonds. The highest BCUT2D eigenvalue weighted by Gasteiger charge is 2.31. The topological polar surface area (TPSA) is 81.4 Å². The Kier molecular flexibility index (Phi) is 4.95. The van der Waals surface area contributed by atoms with Crippen LogP contribution in [0.4, 0.5) is 0 Å². The third-order valence-electron chi connectivity index (χ3n) is 3.57. The van der Waals surface area contributed by atoms with Crippen LogP contribution < -0.4 is 10.5 Å². The average Bonchev–Trinajstić information content (AvgIpc) is 2.37. The van der Waals surface area contributed by atoms with Gasteiger partial charge < -0.3 is 10.5 Å². The molecule has 5 nitrogen and oxygen atoms in total. The lowest BCUT2D eigenvalue weighted by Gasteiger charge is -2.35. The van der Waals surface area contributed by atoms with Gasteiger partial charge in [-0.3, -0.25) is 0 Å². The molecule has 0 spiro atoms. The van der Waals surface area contributed by atoms with Gasteiger partial charge in [0.25, 0.3) is 0 Å². The summed E-state index contributed by atoms with van der Waals surface area (Å²) < 4.78 is 33.3. The largest absolute Gasteiger partial charge is 0.375 e. The molecule has 1 atom stereocenters. The van der Waals surface area contributed by atoms with Crippen molar-refractivity contribution in [2.45, 2.75) is 49.8 Å². The number of benzene rings is 1. The third-order valence-corrected chi connectivity index (χ3v) is 5.45. The molecule has 1 unspecified atom stereocenters. The van der Waals surface area contributed by atoms with Crippen molar-refractivity contribution in [1.29, 1.82) is 0 Å². The monoisotopic (exact) mass is 332 g/mol. The minimum Gasteiger partial charge on any atom is -0.375 e. The molecule has 1 aromatic rings. The molecule has 1 aliphatic heterocycles. The van der Waals surface area contributed by atoms with Crippen LogP contribution in [0.15, 0.2) is 23.1 Å². The van der Waals surface area contributed by atoms with Crippen LogP contribution in [-0.2, 0) is 21.3 Å². The van der Waals surface area contributed by atoms with Crippen LogP contribution in [0.3, 0.4) is 0 Å². The van der Waals surface area contributed by atoms with E-state index >= 15 is 0 Å². The molecule has 1 aliphatic rings. The highest BCUT2D eigenvalue weighted by molar-refractivity contribution is 7.89. The quantitative estimate of drug-likeness (QED) is 0.884. The van der Waals surface area contributed by atoms with E-state index in [-0.39, 0.29) is 23.1 Å². The number of nitrogens with one attached hydrogen (secondary N) is 1. The predicted octanol–water partition coefficient (Wildman–Crippen LogP) is 2.03. The Balaban J connectivity index is 2.18. The van der Waals surface area contributed by atoms with E-state index in [1.165, 1.54) is 12.1 Å². The van der Waals surface area contributed by atoms with Gasteiger partial charge in [0.1, 0.15) is 0 Å². The van der Waals surface area contributed by atoms with E-state index in [9.17, 15) is 8.42 Å². The first-order valence-electron chi connectivity index (χ1n) is 6.88. The van der Waals surface area contributed by atoms with Gasteiger partial charge in [0.2, 0.25) is 10.0 Å². The maximum absolute atomic E-state index is 12.5. The highest BCUT2D eigenvalue weighted by atomic mass is 35.5. The summed E-state index contributed by atoms with van der Waals surface area (Å²) >= 11 is 5.96. The minimum atomic E-state index is -3.58. The number of rotatable bonds is 4. The molecule has 1 fully saturated rings. The van der Waals surface area contributed by atoms with Crippen LogP contribution >= 0.6 is 11.6 Å². The molecule has 0 radical (unpaired) electrons. The maximum atomic E-state index is 12.5. The summed E-state index contributed by atoms with van der Waals surface area (Å²) in [6.07, 6.45) is 1.31. The summed E-state index contributed by atoms with van der Waals surface area (Å²) in [6.45, 7) is 4.67. The Hall–Kier alpha value is -0.660. The van der Waals surface area contributed by atoms with Gasteiger partial charge in [-0.05, 0) is 50.5 Å². The van der Waals surface area contributed by atoms with Gasteiger partial charge in [-0.25, -0.2) is 13.1 Å². The predicted molar refractivity (Wildman–Crippen MR) is 82.7 cm³/mol. The van der Waals surface area contributed by atoms with Crippen molar-refractivity contribution in [3.63, 3.8) is 0 Å². The molecule has 0 saturated carbocycles. The Labute approximate surface area is 130 Å². The molecule has 7 heteroatoms. The van der Waals surface area contributed by atoms with Crippen molar-refractivity contribution in [3.8, 4) is 0 Å². The number of hydrogen-bond donors (Lipinski definition) is 2. The van der Waals surface area contributed by atoms with Gasteiger partial charge in [0, 0.05) is 24.2 Å². The second kappa shape index (κ2) is 6.22. The molecule has 1 heterocycles. The summed E-state index contributed by atoms with van der Waals surface area (Å²) in [4.78, 5) is 0.191. The van der Waals surface area contributed by atoms with Crippen molar-refractivity contribution in [3.05, 3.63) is 28.8 Å². The fourth-order valence-corrected chi connectivity index (χ4v) is 4.01. The van der Waals surface area contributed by atoms with Crippen LogP contribution in [0.5, 0.6) is 0 Å². The van der Waals surface area contributed by atoms with E-state index in [2.05, 4.69) is 4.72 Å². The summed E-state index contributed by atoms with van der Waals surface area (Å²) in [7, 11) is -3.58. The minimum absolute atomic E-state index is 0.129. The van der Waals surface area contributed by atoms with E-state index in [4.69, 9.17) is 22.1 Å². The van der Waals surface area contributed by atoms with Crippen LogP contribution in [0.2, 0.25) is 5.02 Å². The molecule has 0 bridgehead atoms. The van der Waals surface area contributed by atoms with E-state index in [0.29, 0.717) is 30.0 Å². The first kappa shape index (κ1) is 16.7. The standard InChI is InChI=1S/C14H21ClN2O3S/c1-14(2)8-11(5-6-20-14)17-21(18,19)12-3-4-13(15)10(7-12)9-16/h3-4,7,11,17H,5-6,8-9,16H2,1-2H3. The molecular weight excluding hydrogens is 312 g/mol. The molecule has 2 rings (SSSR count). The third kappa shape index (κ3) is 4.17. The zero-order chi connectivity index (χ0) is 15.7. The second-order valence-corrected chi connectivity index (χ2v) is 8.00. The van der Waals surface area contributed by atoms with E-state index in [0.717, 1.165) is 0 Å². The van der Waals surface area contributed by atoms with Gasteiger partial charge in [0.15, 0.2) is 0 Å². The van der Waals surface area contributed by atoms with Crippen molar-refractivity contribution >= 4 is 21.6 Å². The lowest BCUT2D eigenvalue weighted by atomic mass is 9.95. The average molecular weight is 333 g/mol. The van der Waals surface area contributed by atoms with Crippen molar-refractivity contribution in [1.82, 2.24) is 4.72 Å². The van der Waals surface area contributed by atoms with Crippen LogP contribution in [0, 0.1) is 0 Å². The fraction of sp³-hybridized carbons (Fsp3) is 0.571. The zero-order valence-electron chi connectivity index (χ0n) is 12.2. The number of halogens is 1. The Morgan fingerprint density at radius 3 is 2.81 bits per heavy atom. The van der Waals surface area contributed by atoms with Gasteiger partial charge in [-0.1, -0.05) is 11.6 Å². The molecule has 21 heavy (non-hydrogen) atoms. The van der Waals surface area contributed by atoms with Crippen molar-refractivity contribution < 1.29 is 13.2 Å². The lowest BCUT2D eigenvalue weighted by Crippen LogP contribution is -2.45. The summed E-state index contributed by atoms with van der Waals surface area (Å²) in [5, 5.41) is 0.476. The van der Waals surface area contributed by atoms with Gasteiger partial charge in [-0.15, -0.1) is 0 Å². The maximum Gasteiger partial charge on any atom is 0.240 e. The summed E-state index contributed by atoms with van der Waals surface area (Å²) in [5.41, 5.74) is 5.87. The Morgan fingerprint density at radius 2 is 2.19 bits per heavy atom. The van der Waals surface area contributed by atoms with Crippen LogP contribution in [0.25, 0.3) is 0 Å². The van der Waals surface area contributed by atoms with Crippen LogP contribution in [0.1, 0.15) is 32.3 Å². The SMILES string of the molecule is CC1(C)CC(NS(=O)(=O)c2ccc(Cl)c(CN)c2)CCO1. The fourth-order valence-electron chi connectivity index (χ4n) is 2.49. The van der Waals surface area contributed by atoms with Crippen molar-refractivity contribution in [2.75, 3.05) is 6.61 Å². The number of nitrogens with two attached hydrogens (primary N) is 1.